The van der Waals surface area contributed by atoms with Gasteiger partial charge < -0.3 is 10.3 Å². The minimum Gasteiger partial charge on any atom is -0.613 e. The summed E-state index contributed by atoms with van der Waals surface area (Å²) in [6, 6.07) is 0. The van der Waals surface area contributed by atoms with Crippen LogP contribution in [-0.4, -0.2) is 18.9 Å². The average Bonchev–Trinajstić information content (AvgIpc) is 1.35. The van der Waals surface area contributed by atoms with Crippen molar-refractivity contribution in [2.75, 3.05) is 13.8 Å². The first kappa shape index (κ1) is 5.84. The maximum absolute atomic E-state index is 9.77. The third-order valence-corrected chi connectivity index (χ3v) is 0.328. The van der Waals surface area contributed by atoms with E-state index in [2.05, 4.69) is 5.43 Å². The number of hydrogen-bond donors (Lipinski definition) is 3. The van der Waals surface area contributed by atoms with Crippen molar-refractivity contribution in [3.05, 3.63) is 5.21 Å². The van der Waals surface area contributed by atoms with Crippen molar-refractivity contribution < 1.29 is 10.3 Å². The van der Waals surface area contributed by atoms with Gasteiger partial charge in [0.25, 0.3) is 0 Å². The van der Waals surface area contributed by atoms with Crippen molar-refractivity contribution in [1.29, 1.82) is 0 Å². The van der Waals surface area contributed by atoms with Crippen LogP contribution < -0.4 is 10.6 Å². The van der Waals surface area contributed by atoms with Gasteiger partial charge in [0.15, 0.2) is 0 Å². The Hall–Kier alpha value is -0.160. The predicted molar refractivity (Wildman–Crippen MR) is 20.5 cm³/mol. The highest BCUT2D eigenvalue weighted by Crippen LogP contribution is 1.22. The summed E-state index contributed by atoms with van der Waals surface area (Å²) >= 11 is 0. The van der Waals surface area contributed by atoms with Crippen LogP contribution in [0.2, 0.25) is 0 Å². The fraction of sp³-hybridized carbons (Fsp3) is 1.00. The lowest BCUT2D eigenvalue weighted by molar-refractivity contribution is -0.878. The minimum absolute atomic E-state index is 0.211. The molecular formula is C2H8N2O2. The lowest BCUT2D eigenvalue weighted by Crippen LogP contribution is -3.11. The van der Waals surface area contributed by atoms with Crippen molar-refractivity contribution in [2.24, 2.45) is 0 Å². The van der Waals surface area contributed by atoms with Crippen LogP contribution in [0.3, 0.4) is 0 Å². The second-order valence-corrected chi connectivity index (χ2v) is 0.891. The van der Waals surface area contributed by atoms with Crippen molar-refractivity contribution in [2.45, 2.75) is 0 Å². The van der Waals surface area contributed by atoms with Gasteiger partial charge in [-0.25, -0.2) is 0 Å². The molecule has 1 unspecified atom stereocenters. The average molecular weight is 92.1 g/mol. The van der Waals surface area contributed by atoms with Crippen LogP contribution in [0.1, 0.15) is 0 Å². The zero-order valence-corrected chi connectivity index (χ0v) is 3.56. The molecule has 0 amide bonds. The maximum Gasteiger partial charge on any atom is 0.139 e. The van der Waals surface area contributed by atoms with E-state index in [1.807, 2.05) is 0 Å². The second kappa shape index (κ2) is 3.05. The van der Waals surface area contributed by atoms with Gasteiger partial charge in [-0.1, -0.05) is 0 Å². The molecular weight excluding hydrogens is 84.0 g/mol. The molecule has 4 heteroatoms. The van der Waals surface area contributed by atoms with Crippen LogP contribution in [0.4, 0.5) is 0 Å². The monoisotopic (exact) mass is 92.1 g/mol. The van der Waals surface area contributed by atoms with E-state index in [0.717, 1.165) is 0 Å². The Labute approximate surface area is 35.9 Å². The van der Waals surface area contributed by atoms with Gasteiger partial charge in [0.2, 0.25) is 0 Å². The molecule has 0 fully saturated rings. The molecule has 0 aromatic rings. The highest BCUT2D eigenvalue weighted by Gasteiger charge is 1.74. The molecule has 4 nitrogen and oxygen atoms in total. The molecule has 38 valence electrons. The van der Waals surface area contributed by atoms with Gasteiger partial charge in [-0.15, -0.1) is 5.43 Å². The molecule has 3 N–H and O–H groups in total. The van der Waals surface area contributed by atoms with Gasteiger partial charge in [-0.2, -0.15) is 0 Å². The maximum atomic E-state index is 9.77. The molecule has 0 aliphatic heterocycles. The molecule has 0 aromatic heterocycles. The highest BCUT2D eigenvalue weighted by molar-refractivity contribution is 3.97. The van der Waals surface area contributed by atoms with E-state index in [0.29, 0.717) is 0 Å². The van der Waals surface area contributed by atoms with E-state index >= 15 is 0 Å². The molecule has 0 aliphatic carbocycles. The van der Waals surface area contributed by atoms with Crippen molar-refractivity contribution in [3.63, 3.8) is 0 Å². The normalized spacial score (nSPS) is 14.5. The molecule has 0 heterocycles. The first-order valence-corrected chi connectivity index (χ1v) is 1.62. The zero-order valence-electron chi connectivity index (χ0n) is 3.56. The van der Waals surface area contributed by atoms with Crippen LogP contribution in [0, 0.1) is 5.21 Å². The molecule has 0 radical (unpaired) electrons. The van der Waals surface area contributed by atoms with Crippen LogP contribution in [0.25, 0.3) is 0 Å². The van der Waals surface area contributed by atoms with E-state index in [4.69, 9.17) is 5.11 Å². The van der Waals surface area contributed by atoms with Crippen LogP contribution in [0.15, 0.2) is 0 Å². The lowest BCUT2D eigenvalue weighted by atomic mass is 11.3. The number of hydroxylamine groups is 1. The molecule has 1 atom stereocenters. The summed E-state index contributed by atoms with van der Waals surface area (Å²) in [5, 5.41) is 17.5. The summed E-state index contributed by atoms with van der Waals surface area (Å²) in [5.74, 6) is 0. The second-order valence-electron chi connectivity index (χ2n) is 0.891. The molecule has 0 bridgehead atoms. The Kier molecular flexibility index (Phi) is 2.97. The first-order valence-electron chi connectivity index (χ1n) is 1.62. The fourth-order valence-corrected chi connectivity index (χ4v) is 0.111. The van der Waals surface area contributed by atoms with Gasteiger partial charge in [0.1, 0.15) is 6.73 Å². The molecule has 0 saturated carbocycles. The van der Waals surface area contributed by atoms with Gasteiger partial charge >= 0.3 is 0 Å². The van der Waals surface area contributed by atoms with Crippen LogP contribution >= 0.6 is 0 Å². The summed E-state index contributed by atoms with van der Waals surface area (Å²) in [7, 11) is 1.34. The SMILES string of the molecule is C[NH+]([O-])NCO. The Bertz CT molecular complexity index is 30.7. The number of hydrogen-bond acceptors (Lipinski definition) is 3. The summed E-state index contributed by atoms with van der Waals surface area (Å²) in [4.78, 5) is 0. The third kappa shape index (κ3) is 3.84. The zero-order chi connectivity index (χ0) is 4.99. The van der Waals surface area contributed by atoms with Gasteiger partial charge in [0.05, 0.1) is 7.05 Å². The van der Waals surface area contributed by atoms with Gasteiger partial charge in [0, 0.05) is 0 Å². The standard InChI is InChI=1S/C2H8N2O2/c1-4(6)3-2-5/h3-5H,2H2,1H3. The molecule has 0 aliphatic rings. The summed E-state index contributed by atoms with van der Waals surface area (Å²) in [6.07, 6.45) is 0. The van der Waals surface area contributed by atoms with Gasteiger partial charge in [-0.05, 0) is 0 Å². The van der Waals surface area contributed by atoms with E-state index in [1.165, 1.54) is 7.05 Å². The number of aliphatic hydroxyl groups excluding tert-OH is 1. The van der Waals surface area contributed by atoms with E-state index < -0.39 is 0 Å². The fourth-order valence-electron chi connectivity index (χ4n) is 0.111. The molecule has 0 aromatic carbocycles. The Morgan fingerprint density at radius 1 is 2.00 bits per heavy atom. The Morgan fingerprint density at radius 3 is 2.50 bits per heavy atom. The number of aliphatic hydroxyl groups is 1. The summed E-state index contributed by atoms with van der Waals surface area (Å²) < 4.78 is 0. The Balaban J connectivity index is 2.63. The molecule has 0 rings (SSSR count). The molecule has 0 spiro atoms. The van der Waals surface area contributed by atoms with Crippen molar-refractivity contribution in [1.82, 2.24) is 5.43 Å². The minimum atomic E-state index is -0.269. The summed E-state index contributed by atoms with van der Waals surface area (Å²) in [6.45, 7) is -0.269. The number of rotatable bonds is 2. The third-order valence-electron chi connectivity index (χ3n) is 0.328. The van der Waals surface area contributed by atoms with Gasteiger partial charge in [-0.3, -0.25) is 5.17 Å². The van der Waals surface area contributed by atoms with Crippen LogP contribution in [0.5, 0.6) is 0 Å². The first-order chi connectivity index (χ1) is 2.77. The van der Waals surface area contributed by atoms with Crippen LogP contribution in [-0.2, 0) is 0 Å². The Morgan fingerprint density at radius 2 is 2.50 bits per heavy atom. The van der Waals surface area contributed by atoms with E-state index in [9.17, 15) is 5.21 Å². The summed E-state index contributed by atoms with van der Waals surface area (Å²) in [5.41, 5.74) is 2.12. The van der Waals surface area contributed by atoms with E-state index in [-0.39, 0.29) is 11.9 Å². The highest BCUT2D eigenvalue weighted by atomic mass is 16.5. The quantitative estimate of drug-likeness (QED) is 0.260. The van der Waals surface area contributed by atoms with E-state index in [1.54, 1.807) is 0 Å². The predicted octanol–water partition coefficient (Wildman–Crippen LogP) is -2.55. The van der Waals surface area contributed by atoms with Crippen molar-refractivity contribution >= 4 is 0 Å². The molecule has 6 heavy (non-hydrogen) atoms. The topological polar surface area (TPSA) is 59.8 Å². The largest absolute Gasteiger partial charge is 0.613 e. The lowest BCUT2D eigenvalue weighted by Gasteiger charge is -2.13. The smallest absolute Gasteiger partial charge is 0.139 e. The number of nitrogens with one attached hydrogen (secondary N) is 2. The number of quaternary nitrogens is 1. The molecule has 0 saturated heterocycles. The van der Waals surface area contributed by atoms with Crippen molar-refractivity contribution in [3.8, 4) is 0 Å².